The number of hydrogen-bond acceptors (Lipinski definition) is 2. The van der Waals surface area contributed by atoms with E-state index < -0.39 is 29.6 Å². The van der Waals surface area contributed by atoms with Crippen molar-refractivity contribution in [2.45, 2.75) is 12.5 Å². The molecule has 0 spiro atoms. The number of nitrogens with two attached hydrogens (primary N) is 1. The van der Waals surface area contributed by atoms with E-state index in [1.165, 1.54) is 6.92 Å². The third-order valence-electron chi connectivity index (χ3n) is 1.97. The first-order valence-corrected chi connectivity index (χ1v) is 3.93. The number of rotatable bonds is 2. The quantitative estimate of drug-likeness (QED) is 0.714. The average molecular weight is 205 g/mol. The van der Waals surface area contributed by atoms with Crippen molar-refractivity contribution in [3.05, 3.63) is 35.1 Å². The van der Waals surface area contributed by atoms with Crippen molar-refractivity contribution in [2.75, 3.05) is 6.61 Å². The zero-order chi connectivity index (χ0) is 10.9. The molecule has 2 nitrogen and oxygen atoms in total. The summed E-state index contributed by atoms with van der Waals surface area (Å²) in [6.07, 6.45) is 0. The summed E-state index contributed by atoms with van der Waals surface area (Å²) in [6, 6.07) is 1.54. The summed E-state index contributed by atoms with van der Waals surface area (Å²) < 4.78 is 38.1. The lowest BCUT2D eigenvalue weighted by Crippen LogP contribution is -2.37. The molecular formula is C9H10F3NO. The minimum Gasteiger partial charge on any atom is -0.394 e. The molecule has 0 unspecified atom stereocenters. The molecule has 78 valence electrons. The first-order chi connectivity index (χ1) is 6.38. The molecule has 0 bridgehead atoms. The summed E-state index contributed by atoms with van der Waals surface area (Å²) in [5.74, 6) is -4.17. The highest BCUT2D eigenvalue weighted by molar-refractivity contribution is 5.26. The molecule has 0 aliphatic carbocycles. The van der Waals surface area contributed by atoms with Crippen molar-refractivity contribution in [2.24, 2.45) is 5.73 Å². The zero-order valence-corrected chi connectivity index (χ0v) is 7.52. The van der Waals surface area contributed by atoms with Gasteiger partial charge < -0.3 is 10.8 Å². The SMILES string of the molecule is C[C@@](N)(CO)c1cc(F)c(F)c(F)c1. The first-order valence-electron chi connectivity index (χ1n) is 3.93. The molecule has 1 atom stereocenters. The Morgan fingerprint density at radius 1 is 1.29 bits per heavy atom. The lowest BCUT2D eigenvalue weighted by molar-refractivity contribution is 0.209. The van der Waals surface area contributed by atoms with Gasteiger partial charge in [0, 0.05) is 0 Å². The van der Waals surface area contributed by atoms with Crippen LogP contribution in [0.4, 0.5) is 13.2 Å². The Morgan fingerprint density at radius 2 is 1.71 bits per heavy atom. The summed E-state index contributed by atoms with van der Waals surface area (Å²) in [5.41, 5.74) is 4.25. The largest absolute Gasteiger partial charge is 0.394 e. The monoisotopic (exact) mass is 205 g/mol. The van der Waals surface area contributed by atoms with E-state index in [9.17, 15) is 13.2 Å². The fraction of sp³-hybridized carbons (Fsp3) is 0.333. The van der Waals surface area contributed by atoms with Gasteiger partial charge in [0.1, 0.15) is 0 Å². The minimum absolute atomic E-state index is 0.0106. The summed E-state index contributed by atoms with van der Waals surface area (Å²) in [7, 11) is 0. The van der Waals surface area contributed by atoms with Crippen LogP contribution in [0.2, 0.25) is 0 Å². The fourth-order valence-electron chi connectivity index (χ4n) is 0.977. The molecule has 0 aliphatic heterocycles. The highest BCUT2D eigenvalue weighted by Gasteiger charge is 2.23. The minimum atomic E-state index is -1.54. The van der Waals surface area contributed by atoms with Crippen LogP contribution in [0.25, 0.3) is 0 Å². The van der Waals surface area contributed by atoms with E-state index in [0.717, 1.165) is 12.1 Å². The van der Waals surface area contributed by atoms with Gasteiger partial charge in [0.25, 0.3) is 0 Å². The van der Waals surface area contributed by atoms with E-state index in [-0.39, 0.29) is 5.56 Å². The maximum absolute atomic E-state index is 12.8. The van der Waals surface area contributed by atoms with Crippen LogP contribution in [-0.4, -0.2) is 11.7 Å². The topological polar surface area (TPSA) is 46.2 Å². The highest BCUT2D eigenvalue weighted by Crippen LogP contribution is 2.21. The summed E-state index contributed by atoms with van der Waals surface area (Å²) in [4.78, 5) is 0. The molecule has 1 aromatic carbocycles. The maximum Gasteiger partial charge on any atom is 0.194 e. The zero-order valence-electron chi connectivity index (χ0n) is 7.52. The van der Waals surface area contributed by atoms with Gasteiger partial charge in [-0.3, -0.25) is 0 Å². The van der Waals surface area contributed by atoms with Crippen LogP contribution in [0.1, 0.15) is 12.5 Å². The second kappa shape index (κ2) is 3.59. The van der Waals surface area contributed by atoms with Crippen LogP contribution in [0, 0.1) is 17.5 Å². The van der Waals surface area contributed by atoms with E-state index >= 15 is 0 Å². The van der Waals surface area contributed by atoms with Gasteiger partial charge >= 0.3 is 0 Å². The van der Waals surface area contributed by atoms with Crippen molar-refractivity contribution >= 4 is 0 Å². The molecule has 0 saturated carbocycles. The normalized spacial score (nSPS) is 15.3. The number of benzene rings is 1. The lowest BCUT2D eigenvalue weighted by Gasteiger charge is -2.22. The molecule has 0 fully saturated rings. The predicted octanol–water partition coefficient (Wildman–Crippen LogP) is 1.27. The molecule has 0 aromatic heterocycles. The lowest BCUT2D eigenvalue weighted by atomic mass is 9.94. The third kappa shape index (κ3) is 1.88. The number of aliphatic hydroxyl groups is 1. The second-order valence-corrected chi connectivity index (χ2v) is 3.33. The van der Waals surface area contributed by atoms with E-state index in [2.05, 4.69) is 0 Å². The Kier molecular flexibility index (Phi) is 2.82. The van der Waals surface area contributed by atoms with Crippen molar-refractivity contribution in [1.82, 2.24) is 0 Å². The Hall–Kier alpha value is -1.07. The van der Waals surface area contributed by atoms with Crippen molar-refractivity contribution in [1.29, 1.82) is 0 Å². The maximum atomic E-state index is 12.8. The standard InChI is InChI=1S/C9H10F3NO/c1-9(13,4-14)5-2-6(10)8(12)7(11)3-5/h2-3,14H,4,13H2,1H3/t9-/m1/s1. The van der Waals surface area contributed by atoms with E-state index in [0.29, 0.717) is 0 Å². The van der Waals surface area contributed by atoms with Gasteiger partial charge in [-0.05, 0) is 24.6 Å². The molecule has 0 heterocycles. The van der Waals surface area contributed by atoms with Gasteiger partial charge in [-0.25, -0.2) is 13.2 Å². The summed E-state index contributed by atoms with van der Waals surface area (Å²) in [6.45, 7) is 0.899. The van der Waals surface area contributed by atoms with Crippen molar-refractivity contribution in [3.8, 4) is 0 Å². The molecule has 3 N–H and O–H groups in total. The van der Waals surface area contributed by atoms with Gasteiger partial charge in [0.15, 0.2) is 17.5 Å². The number of hydrogen-bond donors (Lipinski definition) is 2. The van der Waals surface area contributed by atoms with Crippen LogP contribution in [0.3, 0.4) is 0 Å². The molecule has 0 saturated heterocycles. The molecular weight excluding hydrogens is 195 g/mol. The van der Waals surface area contributed by atoms with Crippen molar-refractivity contribution < 1.29 is 18.3 Å². The number of halogens is 3. The van der Waals surface area contributed by atoms with Crippen molar-refractivity contribution in [3.63, 3.8) is 0 Å². The van der Waals surface area contributed by atoms with Gasteiger partial charge in [0.2, 0.25) is 0 Å². The Labute approximate surface area is 79.2 Å². The molecule has 1 aromatic rings. The molecule has 5 heteroatoms. The molecule has 0 amide bonds. The molecule has 0 aliphatic rings. The summed E-state index contributed by atoms with van der Waals surface area (Å²) in [5, 5.41) is 8.83. The molecule has 0 radical (unpaired) electrons. The van der Waals surface area contributed by atoms with Gasteiger partial charge in [0.05, 0.1) is 12.1 Å². The number of aliphatic hydroxyl groups excluding tert-OH is 1. The van der Waals surface area contributed by atoms with E-state index in [1.807, 2.05) is 0 Å². The van der Waals surface area contributed by atoms with Gasteiger partial charge in [-0.1, -0.05) is 0 Å². The van der Waals surface area contributed by atoms with Crippen LogP contribution in [0.5, 0.6) is 0 Å². The fourth-order valence-corrected chi connectivity index (χ4v) is 0.977. The smallest absolute Gasteiger partial charge is 0.194 e. The second-order valence-electron chi connectivity index (χ2n) is 3.33. The Morgan fingerprint density at radius 3 is 2.07 bits per heavy atom. The van der Waals surface area contributed by atoms with Gasteiger partial charge in [-0.15, -0.1) is 0 Å². The molecule has 14 heavy (non-hydrogen) atoms. The average Bonchev–Trinajstić information content (AvgIpc) is 2.13. The predicted molar refractivity (Wildman–Crippen MR) is 44.9 cm³/mol. The van der Waals surface area contributed by atoms with Crippen LogP contribution in [-0.2, 0) is 5.54 Å². The van der Waals surface area contributed by atoms with E-state index in [4.69, 9.17) is 10.8 Å². The Bertz CT molecular complexity index is 329. The van der Waals surface area contributed by atoms with Crippen LogP contribution < -0.4 is 5.73 Å². The Balaban J connectivity index is 3.26. The summed E-state index contributed by atoms with van der Waals surface area (Å²) >= 11 is 0. The van der Waals surface area contributed by atoms with Gasteiger partial charge in [-0.2, -0.15) is 0 Å². The van der Waals surface area contributed by atoms with Crippen LogP contribution >= 0.6 is 0 Å². The highest BCUT2D eigenvalue weighted by atomic mass is 19.2. The third-order valence-corrected chi connectivity index (χ3v) is 1.97. The first kappa shape index (κ1) is 11.0. The van der Waals surface area contributed by atoms with E-state index in [1.54, 1.807) is 0 Å². The molecule has 1 rings (SSSR count). The van der Waals surface area contributed by atoms with Crippen LogP contribution in [0.15, 0.2) is 12.1 Å².